The Morgan fingerprint density at radius 1 is 1.36 bits per heavy atom. The van der Waals surface area contributed by atoms with Gasteiger partial charge in [0.15, 0.2) is 0 Å². The molecule has 6 nitrogen and oxygen atoms in total. The summed E-state index contributed by atoms with van der Waals surface area (Å²) in [6.45, 7) is 2.28. The maximum atomic E-state index is 12.8. The van der Waals surface area contributed by atoms with Crippen molar-refractivity contribution < 1.29 is 23.1 Å². The van der Waals surface area contributed by atoms with Gasteiger partial charge >= 0.3 is 12.1 Å². The Balaban J connectivity index is 1.57. The lowest BCUT2D eigenvalue weighted by molar-refractivity contribution is -0.141. The first kappa shape index (κ1) is 17.9. The van der Waals surface area contributed by atoms with Gasteiger partial charge in [0.1, 0.15) is 5.69 Å². The van der Waals surface area contributed by atoms with Gasteiger partial charge < -0.3 is 10.4 Å². The zero-order valence-corrected chi connectivity index (χ0v) is 13.9. The van der Waals surface area contributed by atoms with Gasteiger partial charge in [-0.15, -0.1) is 0 Å². The minimum Gasteiger partial charge on any atom is -0.480 e. The van der Waals surface area contributed by atoms with Crippen molar-refractivity contribution >= 4 is 11.9 Å². The number of hydrogen-bond donors (Lipinski definition) is 2. The largest absolute Gasteiger partial charge is 0.480 e. The zero-order valence-electron chi connectivity index (χ0n) is 13.9. The molecule has 2 aliphatic carbocycles. The Morgan fingerprint density at radius 2 is 2.04 bits per heavy atom. The number of halogens is 3. The number of nitrogens with zero attached hydrogens (tertiary/aromatic N) is 3. The zero-order chi connectivity index (χ0) is 18.2. The molecule has 0 spiro atoms. The highest BCUT2D eigenvalue weighted by Crippen LogP contribution is 2.35. The Labute approximate surface area is 143 Å². The van der Waals surface area contributed by atoms with Gasteiger partial charge in [-0.2, -0.15) is 13.2 Å². The third-order valence-electron chi connectivity index (χ3n) is 4.64. The molecule has 3 rings (SSSR count). The van der Waals surface area contributed by atoms with Crippen LogP contribution in [0.15, 0.2) is 6.07 Å². The molecular formula is C16H21F3N4O2. The van der Waals surface area contributed by atoms with E-state index in [0.717, 1.165) is 25.5 Å². The number of aryl methyl sites for hydroxylation is 1. The average Bonchev–Trinajstić information content (AvgIpc) is 3.23. The molecule has 0 radical (unpaired) electrons. The van der Waals surface area contributed by atoms with Crippen LogP contribution in [0.1, 0.15) is 37.1 Å². The summed E-state index contributed by atoms with van der Waals surface area (Å²) in [6.07, 6.45) is -0.865. The van der Waals surface area contributed by atoms with E-state index in [0.29, 0.717) is 18.8 Å². The lowest BCUT2D eigenvalue weighted by atomic mass is 9.85. The van der Waals surface area contributed by atoms with Gasteiger partial charge in [-0.3, -0.25) is 9.69 Å². The Kier molecular flexibility index (Phi) is 4.86. The first-order valence-electron chi connectivity index (χ1n) is 8.36. The summed E-state index contributed by atoms with van der Waals surface area (Å²) in [4.78, 5) is 20.5. The van der Waals surface area contributed by atoms with Gasteiger partial charge in [-0.05, 0) is 44.6 Å². The van der Waals surface area contributed by atoms with Gasteiger partial charge in [0.25, 0.3) is 0 Å². The number of carbonyl (C=O) groups is 1. The highest BCUT2D eigenvalue weighted by atomic mass is 19.4. The Morgan fingerprint density at radius 3 is 2.60 bits per heavy atom. The number of aromatic nitrogens is 2. The highest BCUT2D eigenvalue weighted by Gasteiger charge is 2.38. The second-order valence-corrected chi connectivity index (χ2v) is 6.95. The molecule has 25 heavy (non-hydrogen) atoms. The highest BCUT2D eigenvalue weighted by molar-refractivity contribution is 5.69. The third-order valence-corrected chi connectivity index (χ3v) is 4.64. The van der Waals surface area contributed by atoms with Crippen LogP contribution < -0.4 is 5.32 Å². The van der Waals surface area contributed by atoms with Crippen molar-refractivity contribution in [2.45, 2.75) is 50.9 Å². The molecule has 0 bridgehead atoms. The van der Waals surface area contributed by atoms with Gasteiger partial charge in [-0.25, -0.2) is 9.97 Å². The standard InChI is InChI=1S/C16H21F3N4O2/c1-9-4-13(16(17,18)19)22-15(20-9)21-11-5-12(6-11)23(8-14(24)25)7-10-2-3-10/h4,10-12H,2-3,5-8H2,1H3,(H,24,25)(H,20,21,22). The molecular weight excluding hydrogens is 337 g/mol. The van der Waals surface area contributed by atoms with Crippen LogP contribution in [0.25, 0.3) is 0 Å². The molecule has 0 aliphatic heterocycles. The summed E-state index contributed by atoms with van der Waals surface area (Å²) < 4.78 is 38.5. The summed E-state index contributed by atoms with van der Waals surface area (Å²) in [7, 11) is 0. The normalized spacial score (nSPS) is 23.4. The molecule has 1 aromatic heterocycles. The fourth-order valence-corrected chi connectivity index (χ4v) is 3.11. The molecule has 2 fully saturated rings. The van der Waals surface area contributed by atoms with E-state index in [1.807, 2.05) is 4.90 Å². The van der Waals surface area contributed by atoms with E-state index in [9.17, 15) is 18.0 Å². The number of aliphatic carboxylic acids is 1. The van der Waals surface area contributed by atoms with Crippen LogP contribution >= 0.6 is 0 Å². The van der Waals surface area contributed by atoms with Gasteiger partial charge in [0.2, 0.25) is 5.95 Å². The van der Waals surface area contributed by atoms with Crippen LogP contribution in [0, 0.1) is 12.8 Å². The summed E-state index contributed by atoms with van der Waals surface area (Å²) in [6, 6.07) is 1.02. The Hall–Kier alpha value is -1.90. The van der Waals surface area contributed by atoms with Crippen LogP contribution in [-0.2, 0) is 11.0 Å². The van der Waals surface area contributed by atoms with Crippen LogP contribution in [0.3, 0.4) is 0 Å². The number of alkyl halides is 3. The molecule has 9 heteroatoms. The molecule has 0 atom stereocenters. The van der Waals surface area contributed by atoms with Crippen LogP contribution in [0.2, 0.25) is 0 Å². The number of hydrogen-bond acceptors (Lipinski definition) is 5. The number of rotatable bonds is 7. The van der Waals surface area contributed by atoms with Crippen molar-refractivity contribution in [3.8, 4) is 0 Å². The van der Waals surface area contributed by atoms with E-state index in [-0.39, 0.29) is 30.3 Å². The van der Waals surface area contributed by atoms with Crippen molar-refractivity contribution in [2.24, 2.45) is 5.92 Å². The second-order valence-electron chi connectivity index (χ2n) is 6.95. The molecule has 0 aromatic carbocycles. The van der Waals surface area contributed by atoms with Crippen molar-refractivity contribution in [3.63, 3.8) is 0 Å². The first-order chi connectivity index (χ1) is 11.7. The predicted molar refractivity (Wildman–Crippen MR) is 84.1 cm³/mol. The molecule has 2 aliphatic rings. The van der Waals surface area contributed by atoms with Crippen molar-refractivity contribution in [1.29, 1.82) is 0 Å². The van der Waals surface area contributed by atoms with Gasteiger partial charge in [0.05, 0.1) is 6.54 Å². The van der Waals surface area contributed by atoms with E-state index < -0.39 is 17.8 Å². The summed E-state index contributed by atoms with van der Waals surface area (Å²) in [5, 5.41) is 12.0. The topological polar surface area (TPSA) is 78.4 Å². The summed E-state index contributed by atoms with van der Waals surface area (Å²) >= 11 is 0. The maximum Gasteiger partial charge on any atom is 0.433 e. The monoisotopic (exact) mass is 358 g/mol. The molecule has 1 heterocycles. The Bertz CT molecular complexity index is 643. The average molecular weight is 358 g/mol. The quantitative estimate of drug-likeness (QED) is 0.780. The first-order valence-corrected chi connectivity index (χ1v) is 8.36. The third kappa shape index (κ3) is 4.81. The van der Waals surface area contributed by atoms with Gasteiger partial charge in [-0.1, -0.05) is 0 Å². The maximum absolute atomic E-state index is 12.8. The fraction of sp³-hybridized carbons (Fsp3) is 0.688. The lowest BCUT2D eigenvalue weighted by Crippen LogP contribution is -2.52. The predicted octanol–water partition coefficient (Wildman–Crippen LogP) is 2.54. The summed E-state index contributed by atoms with van der Waals surface area (Å²) in [5.41, 5.74) is -0.707. The molecule has 2 saturated carbocycles. The molecule has 0 saturated heterocycles. The molecule has 0 unspecified atom stereocenters. The number of nitrogens with one attached hydrogen (secondary N) is 1. The van der Waals surface area contributed by atoms with Crippen molar-refractivity contribution in [1.82, 2.24) is 14.9 Å². The van der Waals surface area contributed by atoms with E-state index >= 15 is 0 Å². The van der Waals surface area contributed by atoms with E-state index in [1.165, 1.54) is 6.92 Å². The summed E-state index contributed by atoms with van der Waals surface area (Å²) in [5.74, 6) is -0.294. The van der Waals surface area contributed by atoms with E-state index in [2.05, 4.69) is 15.3 Å². The van der Waals surface area contributed by atoms with E-state index in [4.69, 9.17) is 5.11 Å². The van der Waals surface area contributed by atoms with E-state index in [1.54, 1.807) is 0 Å². The molecule has 1 aromatic rings. The van der Waals surface area contributed by atoms with Crippen LogP contribution in [0.5, 0.6) is 0 Å². The van der Waals surface area contributed by atoms with Crippen LogP contribution in [0.4, 0.5) is 19.1 Å². The molecule has 2 N–H and O–H groups in total. The fourth-order valence-electron chi connectivity index (χ4n) is 3.11. The smallest absolute Gasteiger partial charge is 0.433 e. The van der Waals surface area contributed by atoms with Gasteiger partial charge in [0, 0.05) is 24.3 Å². The SMILES string of the molecule is Cc1cc(C(F)(F)F)nc(NC2CC(N(CC(=O)O)CC3CC3)C2)n1. The van der Waals surface area contributed by atoms with Crippen LogP contribution in [-0.4, -0.2) is 51.1 Å². The number of anilines is 1. The minimum atomic E-state index is -4.51. The second kappa shape index (κ2) is 6.78. The number of carboxylic acids is 1. The van der Waals surface area contributed by atoms with Crippen molar-refractivity contribution in [2.75, 3.05) is 18.4 Å². The lowest BCUT2D eigenvalue weighted by Gasteiger charge is -2.42. The molecule has 138 valence electrons. The minimum absolute atomic E-state index is 0.00700. The molecule has 0 amide bonds. The number of carboxylic acid groups (broad SMARTS) is 1. The van der Waals surface area contributed by atoms with Crippen molar-refractivity contribution in [3.05, 3.63) is 17.5 Å².